The summed E-state index contributed by atoms with van der Waals surface area (Å²) in [7, 11) is 0. The minimum Gasteiger partial charge on any atom is -0.359 e. The van der Waals surface area contributed by atoms with E-state index in [2.05, 4.69) is 10.5 Å². The number of hydrogen-bond acceptors (Lipinski definition) is 3. The van der Waals surface area contributed by atoms with Crippen LogP contribution in [0.5, 0.6) is 0 Å². The normalized spacial score (nSPS) is 20.2. The van der Waals surface area contributed by atoms with E-state index in [1.807, 2.05) is 26.0 Å². The second-order valence-electron chi connectivity index (χ2n) is 5.88. The molecule has 1 amide bonds. The summed E-state index contributed by atoms with van der Waals surface area (Å²) >= 11 is 11.9. The maximum absolute atomic E-state index is 12.2. The summed E-state index contributed by atoms with van der Waals surface area (Å²) in [6, 6.07) is 7.27. The van der Waals surface area contributed by atoms with Crippen LogP contribution in [0, 0.1) is 5.92 Å². The molecular weight excluding hydrogens is 323 g/mol. The van der Waals surface area contributed by atoms with Crippen molar-refractivity contribution in [3.8, 4) is 0 Å². The summed E-state index contributed by atoms with van der Waals surface area (Å²) < 4.78 is 5.17. The highest BCUT2D eigenvalue weighted by molar-refractivity contribution is 6.42. The molecule has 2 unspecified atom stereocenters. The molecule has 22 heavy (non-hydrogen) atoms. The van der Waals surface area contributed by atoms with Crippen LogP contribution in [0.2, 0.25) is 10.0 Å². The van der Waals surface area contributed by atoms with Crippen LogP contribution in [0.15, 0.2) is 28.8 Å². The lowest BCUT2D eigenvalue weighted by atomic mass is 10.1. The van der Waals surface area contributed by atoms with Gasteiger partial charge < -0.3 is 9.84 Å². The largest absolute Gasteiger partial charge is 0.359 e. The van der Waals surface area contributed by atoms with E-state index in [0.29, 0.717) is 15.9 Å². The van der Waals surface area contributed by atoms with Gasteiger partial charge in [-0.1, -0.05) is 48.3 Å². The molecule has 2 atom stereocenters. The highest BCUT2D eigenvalue weighted by atomic mass is 35.5. The van der Waals surface area contributed by atoms with E-state index in [1.54, 1.807) is 12.1 Å². The van der Waals surface area contributed by atoms with Gasteiger partial charge in [0.2, 0.25) is 5.91 Å². The molecule has 0 bridgehead atoms. The highest BCUT2D eigenvalue weighted by Gasteiger charge is 2.44. The second-order valence-corrected chi connectivity index (χ2v) is 6.70. The van der Waals surface area contributed by atoms with Gasteiger partial charge in [0.25, 0.3) is 0 Å². The summed E-state index contributed by atoms with van der Waals surface area (Å²) in [5, 5.41) is 7.71. The molecule has 0 radical (unpaired) electrons. The minimum absolute atomic E-state index is 0.0420. The average molecular weight is 339 g/mol. The van der Waals surface area contributed by atoms with Crippen LogP contribution in [0.4, 0.5) is 5.82 Å². The number of benzene rings is 1. The van der Waals surface area contributed by atoms with Crippen molar-refractivity contribution in [1.29, 1.82) is 0 Å². The fourth-order valence-corrected chi connectivity index (χ4v) is 2.74. The number of anilines is 1. The van der Waals surface area contributed by atoms with Gasteiger partial charge in [-0.05, 0) is 30.0 Å². The lowest BCUT2D eigenvalue weighted by molar-refractivity contribution is -0.117. The molecule has 1 heterocycles. The van der Waals surface area contributed by atoms with E-state index >= 15 is 0 Å². The van der Waals surface area contributed by atoms with Crippen molar-refractivity contribution in [3.05, 3.63) is 45.6 Å². The molecular formula is C16H16Cl2N2O2. The molecule has 3 rings (SSSR count). The minimum atomic E-state index is -0.0588. The van der Waals surface area contributed by atoms with Gasteiger partial charge in [-0.25, -0.2) is 0 Å². The van der Waals surface area contributed by atoms with Gasteiger partial charge in [-0.2, -0.15) is 0 Å². The first-order chi connectivity index (χ1) is 10.5. The standard InChI is InChI=1S/C16H16Cl2N2O2/c1-8(2)14-7-15(20-22-14)19-16(21)11-6-10(11)9-3-4-12(17)13(18)5-9/h3-5,7-8,10-11H,6H2,1-2H3,(H,19,20,21). The molecule has 0 saturated heterocycles. The fourth-order valence-electron chi connectivity index (χ4n) is 2.44. The molecule has 1 aliphatic rings. The smallest absolute Gasteiger partial charge is 0.229 e. The van der Waals surface area contributed by atoms with Gasteiger partial charge in [0.15, 0.2) is 5.82 Å². The summed E-state index contributed by atoms with van der Waals surface area (Å²) in [5.74, 6) is 1.55. The van der Waals surface area contributed by atoms with Crippen LogP contribution in [0.3, 0.4) is 0 Å². The first-order valence-electron chi connectivity index (χ1n) is 7.18. The Morgan fingerprint density at radius 1 is 1.32 bits per heavy atom. The van der Waals surface area contributed by atoms with Gasteiger partial charge in [-0.15, -0.1) is 0 Å². The Hall–Kier alpha value is -1.52. The fraction of sp³-hybridized carbons (Fsp3) is 0.375. The second kappa shape index (κ2) is 5.94. The number of rotatable bonds is 4. The molecule has 0 aliphatic heterocycles. The Kier molecular flexibility index (Phi) is 4.15. The van der Waals surface area contributed by atoms with Crippen LogP contribution in [0.25, 0.3) is 0 Å². The molecule has 1 aromatic heterocycles. The number of hydrogen-bond donors (Lipinski definition) is 1. The lowest BCUT2D eigenvalue weighted by Crippen LogP contribution is -2.14. The van der Waals surface area contributed by atoms with Crippen molar-refractivity contribution in [2.45, 2.75) is 32.1 Å². The topological polar surface area (TPSA) is 55.1 Å². The first kappa shape index (κ1) is 15.4. The molecule has 4 nitrogen and oxygen atoms in total. The summed E-state index contributed by atoms with van der Waals surface area (Å²) in [4.78, 5) is 12.2. The van der Waals surface area contributed by atoms with Crippen LogP contribution < -0.4 is 5.32 Å². The molecule has 1 fully saturated rings. The Labute approximate surface area is 138 Å². The zero-order chi connectivity index (χ0) is 15.9. The zero-order valence-electron chi connectivity index (χ0n) is 12.3. The molecule has 1 saturated carbocycles. The van der Waals surface area contributed by atoms with E-state index in [0.717, 1.165) is 17.7 Å². The Bertz CT molecular complexity index is 712. The maximum Gasteiger partial charge on any atom is 0.229 e. The maximum atomic E-state index is 12.2. The van der Waals surface area contributed by atoms with Crippen LogP contribution in [-0.2, 0) is 4.79 Å². The number of aromatic nitrogens is 1. The van der Waals surface area contributed by atoms with Crippen LogP contribution in [-0.4, -0.2) is 11.1 Å². The van der Waals surface area contributed by atoms with Crippen molar-refractivity contribution in [3.63, 3.8) is 0 Å². The van der Waals surface area contributed by atoms with Crippen LogP contribution >= 0.6 is 23.2 Å². The molecule has 6 heteroatoms. The van der Waals surface area contributed by atoms with Gasteiger partial charge in [0.1, 0.15) is 5.76 Å². The Morgan fingerprint density at radius 2 is 2.09 bits per heavy atom. The third-order valence-electron chi connectivity index (χ3n) is 3.85. The summed E-state index contributed by atoms with van der Waals surface area (Å²) in [5.41, 5.74) is 1.04. The van der Waals surface area contributed by atoms with Gasteiger partial charge in [0, 0.05) is 17.9 Å². The lowest BCUT2D eigenvalue weighted by Gasteiger charge is -2.03. The predicted molar refractivity (Wildman–Crippen MR) is 86.5 cm³/mol. The zero-order valence-corrected chi connectivity index (χ0v) is 13.8. The predicted octanol–water partition coefficient (Wildman–Crippen LogP) is 4.85. The third-order valence-corrected chi connectivity index (χ3v) is 4.59. The molecule has 2 aromatic rings. The Morgan fingerprint density at radius 3 is 2.73 bits per heavy atom. The Balaban J connectivity index is 1.63. The molecule has 0 spiro atoms. The van der Waals surface area contributed by atoms with Crippen molar-refractivity contribution in [2.75, 3.05) is 5.32 Å². The number of nitrogens with one attached hydrogen (secondary N) is 1. The number of amides is 1. The van der Waals surface area contributed by atoms with Crippen molar-refractivity contribution < 1.29 is 9.32 Å². The monoisotopic (exact) mass is 338 g/mol. The van der Waals surface area contributed by atoms with E-state index in [1.165, 1.54) is 0 Å². The first-order valence-corrected chi connectivity index (χ1v) is 7.93. The van der Waals surface area contributed by atoms with Crippen molar-refractivity contribution in [2.24, 2.45) is 5.92 Å². The number of carbonyl (C=O) groups excluding carboxylic acids is 1. The third kappa shape index (κ3) is 3.13. The number of carbonyl (C=O) groups is 1. The van der Waals surface area contributed by atoms with E-state index < -0.39 is 0 Å². The van der Waals surface area contributed by atoms with Crippen LogP contribution in [0.1, 0.15) is 43.4 Å². The molecule has 1 N–H and O–H groups in total. The summed E-state index contributed by atoms with van der Waals surface area (Å²) in [6.45, 7) is 4.01. The molecule has 1 aromatic carbocycles. The SMILES string of the molecule is CC(C)c1cc(NC(=O)C2CC2c2ccc(Cl)c(Cl)c2)no1. The highest BCUT2D eigenvalue weighted by Crippen LogP contribution is 2.48. The molecule has 1 aliphatic carbocycles. The summed E-state index contributed by atoms with van der Waals surface area (Å²) in [6.07, 6.45) is 0.804. The average Bonchev–Trinajstić information content (AvgIpc) is 3.14. The van der Waals surface area contributed by atoms with Gasteiger partial charge in [-0.3, -0.25) is 4.79 Å². The molecule has 116 valence electrons. The van der Waals surface area contributed by atoms with E-state index in [-0.39, 0.29) is 23.7 Å². The van der Waals surface area contributed by atoms with E-state index in [4.69, 9.17) is 27.7 Å². The number of halogens is 2. The van der Waals surface area contributed by atoms with Crippen molar-refractivity contribution >= 4 is 34.9 Å². The number of nitrogens with zero attached hydrogens (tertiary/aromatic N) is 1. The van der Waals surface area contributed by atoms with Gasteiger partial charge in [0.05, 0.1) is 10.0 Å². The van der Waals surface area contributed by atoms with E-state index in [9.17, 15) is 4.79 Å². The van der Waals surface area contributed by atoms with Gasteiger partial charge >= 0.3 is 0 Å². The quantitative estimate of drug-likeness (QED) is 0.866. The van der Waals surface area contributed by atoms with Crippen molar-refractivity contribution in [1.82, 2.24) is 5.16 Å².